The van der Waals surface area contributed by atoms with Crippen LogP contribution in [0, 0.1) is 0 Å². The van der Waals surface area contributed by atoms with E-state index in [0.29, 0.717) is 6.54 Å². The third kappa shape index (κ3) is 4.12. The van der Waals surface area contributed by atoms with Crippen molar-refractivity contribution in [1.29, 1.82) is 0 Å². The zero-order valence-electron chi connectivity index (χ0n) is 13.0. The van der Waals surface area contributed by atoms with Crippen LogP contribution in [0.3, 0.4) is 0 Å². The standard InChI is InChI=1S/C16H25N5/c1-3-9-21-16(18-13-19-21)12-20(4-2)11-15-8-6-5-7-14(15)10-17/h5-8,13H,3-4,9-12,17H2,1-2H3. The molecular formula is C16H25N5. The Morgan fingerprint density at radius 1 is 1.14 bits per heavy atom. The van der Waals surface area contributed by atoms with E-state index in [1.807, 2.05) is 10.7 Å². The Hall–Kier alpha value is -1.72. The van der Waals surface area contributed by atoms with Crippen molar-refractivity contribution in [1.82, 2.24) is 19.7 Å². The van der Waals surface area contributed by atoms with E-state index >= 15 is 0 Å². The van der Waals surface area contributed by atoms with Crippen LogP contribution in [0.2, 0.25) is 0 Å². The minimum Gasteiger partial charge on any atom is -0.326 e. The second kappa shape index (κ2) is 7.90. The molecule has 1 aromatic carbocycles. The first-order valence-electron chi connectivity index (χ1n) is 7.64. The Morgan fingerprint density at radius 2 is 1.90 bits per heavy atom. The molecule has 1 heterocycles. The molecule has 5 nitrogen and oxygen atoms in total. The quantitative estimate of drug-likeness (QED) is 0.808. The molecule has 2 aromatic rings. The molecule has 0 aliphatic carbocycles. The van der Waals surface area contributed by atoms with Crippen molar-refractivity contribution in [2.24, 2.45) is 5.73 Å². The maximum Gasteiger partial charge on any atom is 0.141 e. The van der Waals surface area contributed by atoms with E-state index in [1.165, 1.54) is 11.1 Å². The average Bonchev–Trinajstić information content (AvgIpc) is 2.94. The number of hydrogen-bond acceptors (Lipinski definition) is 4. The SMILES string of the molecule is CCCn1ncnc1CN(CC)Cc1ccccc1CN. The van der Waals surface area contributed by atoms with E-state index in [9.17, 15) is 0 Å². The van der Waals surface area contributed by atoms with Crippen LogP contribution >= 0.6 is 0 Å². The van der Waals surface area contributed by atoms with Crippen molar-refractivity contribution in [3.8, 4) is 0 Å². The second-order valence-electron chi connectivity index (χ2n) is 5.18. The van der Waals surface area contributed by atoms with Crippen LogP contribution in [-0.2, 0) is 26.2 Å². The van der Waals surface area contributed by atoms with Crippen molar-refractivity contribution in [3.05, 3.63) is 47.5 Å². The van der Waals surface area contributed by atoms with Gasteiger partial charge in [0.25, 0.3) is 0 Å². The first-order valence-corrected chi connectivity index (χ1v) is 7.64. The van der Waals surface area contributed by atoms with Gasteiger partial charge in [0.15, 0.2) is 0 Å². The zero-order chi connectivity index (χ0) is 15.1. The third-order valence-electron chi connectivity index (χ3n) is 3.68. The van der Waals surface area contributed by atoms with Crippen LogP contribution < -0.4 is 5.73 Å². The van der Waals surface area contributed by atoms with Crippen LogP contribution in [0.15, 0.2) is 30.6 Å². The highest BCUT2D eigenvalue weighted by molar-refractivity contribution is 5.26. The van der Waals surface area contributed by atoms with Crippen molar-refractivity contribution < 1.29 is 0 Å². The molecule has 0 aliphatic rings. The maximum absolute atomic E-state index is 5.82. The van der Waals surface area contributed by atoms with Crippen LogP contribution in [0.25, 0.3) is 0 Å². The van der Waals surface area contributed by atoms with Crippen molar-refractivity contribution in [3.63, 3.8) is 0 Å². The van der Waals surface area contributed by atoms with Gasteiger partial charge in [-0.05, 0) is 24.1 Å². The fraction of sp³-hybridized carbons (Fsp3) is 0.500. The summed E-state index contributed by atoms with van der Waals surface area (Å²) in [5.41, 5.74) is 8.33. The van der Waals surface area contributed by atoms with E-state index in [-0.39, 0.29) is 0 Å². The largest absolute Gasteiger partial charge is 0.326 e. The zero-order valence-corrected chi connectivity index (χ0v) is 13.0. The normalized spacial score (nSPS) is 11.2. The highest BCUT2D eigenvalue weighted by Crippen LogP contribution is 2.13. The number of benzene rings is 1. The molecule has 0 atom stereocenters. The molecule has 0 aliphatic heterocycles. The summed E-state index contributed by atoms with van der Waals surface area (Å²) in [6.07, 6.45) is 2.71. The Kier molecular flexibility index (Phi) is 5.90. The predicted molar refractivity (Wildman–Crippen MR) is 84.4 cm³/mol. The summed E-state index contributed by atoms with van der Waals surface area (Å²) in [6, 6.07) is 8.37. The van der Waals surface area contributed by atoms with Gasteiger partial charge in [-0.25, -0.2) is 9.67 Å². The number of nitrogens with zero attached hydrogens (tertiary/aromatic N) is 4. The average molecular weight is 287 g/mol. The fourth-order valence-corrected chi connectivity index (χ4v) is 2.44. The molecule has 0 bridgehead atoms. The Labute approximate surface area is 126 Å². The Bertz CT molecular complexity index is 549. The summed E-state index contributed by atoms with van der Waals surface area (Å²) in [5.74, 6) is 1.03. The first-order chi connectivity index (χ1) is 10.3. The molecule has 2 N–H and O–H groups in total. The van der Waals surface area contributed by atoms with Gasteiger partial charge >= 0.3 is 0 Å². The van der Waals surface area contributed by atoms with E-state index in [0.717, 1.165) is 38.4 Å². The van der Waals surface area contributed by atoms with Gasteiger partial charge in [0.2, 0.25) is 0 Å². The lowest BCUT2D eigenvalue weighted by molar-refractivity contribution is 0.257. The molecule has 0 saturated heterocycles. The topological polar surface area (TPSA) is 60.0 Å². The molecule has 0 radical (unpaired) electrons. The van der Waals surface area contributed by atoms with Gasteiger partial charge in [-0.1, -0.05) is 38.1 Å². The van der Waals surface area contributed by atoms with E-state index in [1.54, 1.807) is 6.33 Å². The highest BCUT2D eigenvalue weighted by atomic mass is 15.3. The lowest BCUT2D eigenvalue weighted by Crippen LogP contribution is -2.25. The summed E-state index contributed by atoms with van der Waals surface area (Å²) >= 11 is 0. The minimum atomic E-state index is 0.583. The predicted octanol–water partition coefficient (Wildman–Crippen LogP) is 2.17. The van der Waals surface area contributed by atoms with Crippen LogP contribution in [0.1, 0.15) is 37.2 Å². The summed E-state index contributed by atoms with van der Waals surface area (Å²) in [5, 5.41) is 4.29. The maximum atomic E-state index is 5.82. The molecule has 2 rings (SSSR count). The van der Waals surface area contributed by atoms with Gasteiger partial charge in [-0.15, -0.1) is 0 Å². The van der Waals surface area contributed by atoms with Crippen molar-refractivity contribution in [2.45, 2.75) is 46.4 Å². The van der Waals surface area contributed by atoms with Gasteiger partial charge < -0.3 is 5.73 Å². The van der Waals surface area contributed by atoms with Gasteiger partial charge in [-0.2, -0.15) is 5.10 Å². The lowest BCUT2D eigenvalue weighted by atomic mass is 10.1. The molecule has 114 valence electrons. The smallest absolute Gasteiger partial charge is 0.141 e. The van der Waals surface area contributed by atoms with Crippen molar-refractivity contribution >= 4 is 0 Å². The first kappa shape index (κ1) is 15.7. The molecule has 0 spiro atoms. The second-order valence-corrected chi connectivity index (χ2v) is 5.18. The summed E-state index contributed by atoms with van der Waals surface area (Å²) in [6.45, 7) is 8.51. The number of aryl methyl sites for hydroxylation is 1. The molecule has 5 heteroatoms. The highest BCUT2D eigenvalue weighted by Gasteiger charge is 2.11. The molecule has 0 fully saturated rings. The van der Waals surface area contributed by atoms with Crippen molar-refractivity contribution in [2.75, 3.05) is 6.54 Å². The number of rotatable bonds is 8. The van der Waals surface area contributed by atoms with Gasteiger partial charge in [0.05, 0.1) is 6.54 Å². The lowest BCUT2D eigenvalue weighted by Gasteiger charge is -2.21. The molecule has 1 aromatic heterocycles. The molecule has 0 unspecified atom stereocenters. The monoisotopic (exact) mass is 287 g/mol. The van der Waals surface area contributed by atoms with E-state index in [4.69, 9.17) is 5.73 Å². The van der Waals surface area contributed by atoms with Crippen LogP contribution in [0.5, 0.6) is 0 Å². The number of aromatic nitrogens is 3. The van der Waals surface area contributed by atoms with E-state index in [2.05, 4.69) is 47.0 Å². The minimum absolute atomic E-state index is 0.583. The fourth-order valence-electron chi connectivity index (χ4n) is 2.44. The molecule has 0 amide bonds. The van der Waals surface area contributed by atoms with Crippen LogP contribution in [-0.4, -0.2) is 26.2 Å². The summed E-state index contributed by atoms with van der Waals surface area (Å²) in [7, 11) is 0. The van der Waals surface area contributed by atoms with E-state index < -0.39 is 0 Å². The number of hydrogen-bond donors (Lipinski definition) is 1. The van der Waals surface area contributed by atoms with Crippen LogP contribution in [0.4, 0.5) is 0 Å². The summed E-state index contributed by atoms with van der Waals surface area (Å²) in [4.78, 5) is 6.76. The molecule has 0 saturated carbocycles. The Balaban J connectivity index is 2.08. The van der Waals surface area contributed by atoms with Gasteiger partial charge in [0, 0.05) is 19.6 Å². The third-order valence-corrected chi connectivity index (χ3v) is 3.68. The van der Waals surface area contributed by atoms with Gasteiger partial charge in [0.1, 0.15) is 12.2 Å². The number of nitrogens with two attached hydrogens (primary N) is 1. The molecular weight excluding hydrogens is 262 g/mol. The van der Waals surface area contributed by atoms with Gasteiger partial charge in [-0.3, -0.25) is 4.90 Å². The summed E-state index contributed by atoms with van der Waals surface area (Å²) < 4.78 is 2.00. The Morgan fingerprint density at radius 3 is 2.57 bits per heavy atom. The molecule has 21 heavy (non-hydrogen) atoms.